The molecule has 0 unspecified atom stereocenters. The van der Waals surface area contributed by atoms with Gasteiger partial charge in [0.1, 0.15) is 23.4 Å². The standard InChI is InChI=1S/C25H22FN3O5/c1-16(25(32)28-13-19-4-2-3-11-27-19)29-21-12-17(5-10-23(21)34-15-24(29)31)22(30)14-33-20-8-6-18(26)7-9-20/h2-12,16H,13-15H2,1H3,(H,28,32)/t16-/m0/s1. The number of benzene rings is 2. The maximum atomic E-state index is 13.0. The molecule has 1 aliphatic heterocycles. The summed E-state index contributed by atoms with van der Waals surface area (Å²) in [4.78, 5) is 43.6. The van der Waals surface area contributed by atoms with E-state index < -0.39 is 17.8 Å². The molecule has 0 radical (unpaired) electrons. The Balaban J connectivity index is 1.48. The second-order valence-electron chi connectivity index (χ2n) is 7.62. The predicted molar refractivity (Wildman–Crippen MR) is 121 cm³/mol. The first kappa shape index (κ1) is 22.9. The summed E-state index contributed by atoms with van der Waals surface area (Å²) in [6, 6.07) is 14.5. The fourth-order valence-corrected chi connectivity index (χ4v) is 3.48. The number of carbonyl (C=O) groups is 3. The van der Waals surface area contributed by atoms with Crippen molar-refractivity contribution in [2.45, 2.75) is 19.5 Å². The molecule has 1 aromatic heterocycles. The van der Waals surface area contributed by atoms with Crippen molar-refractivity contribution in [3.05, 3.63) is 83.9 Å². The normalized spacial score (nSPS) is 13.5. The number of anilines is 1. The van der Waals surface area contributed by atoms with Crippen molar-refractivity contribution in [2.75, 3.05) is 18.1 Å². The number of carbonyl (C=O) groups excluding carboxylic acids is 3. The third-order valence-electron chi connectivity index (χ3n) is 5.28. The third kappa shape index (κ3) is 5.20. The zero-order valence-corrected chi connectivity index (χ0v) is 18.4. The van der Waals surface area contributed by atoms with E-state index >= 15 is 0 Å². The van der Waals surface area contributed by atoms with Gasteiger partial charge in [-0.3, -0.25) is 24.3 Å². The van der Waals surface area contributed by atoms with E-state index in [0.29, 0.717) is 22.9 Å². The topological polar surface area (TPSA) is 97.8 Å². The zero-order valence-electron chi connectivity index (χ0n) is 18.4. The number of amides is 2. The van der Waals surface area contributed by atoms with Gasteiger partial charge in [0.05, 0.1) is 17.9 Å². The first-order chi connectivity index (χ1) is 16.4. The Kier molecular flexibility index (Phi) is 6.82. The van der Waals surface area contributed by atoms with Crippen molar-refractivity contribution < 1.29 is 28.2 Å². The van der Waals surface area contributed by atoms with Crippen molar-refractivity contribution in [1.82, 2.24) is 10.3 Å². The molecule has 9 heteroatoms. The van der Waals surface area contributed by atoms with E-state index in [2.05, 4.69) is 10.3 Å². The van der Waals surface area contributed by atoms with Gasteiger partial charge in [0.2, 0.25) is 5.91 Å². The first-order valence-corrected chi connectivity index (χ1v) is 10.6. The Morgan fingerprint density at radius 2 is 1.97 bits per heavy atom. The molecule has 0 saturated heterocycles. The third-order valence-corrected chi connectivity index (χ3v) is 5.28. The van der Waals surface area contributed by atoms with Crippen LogP contribution in [0.15, 0.2) is 66.9 Å². The Bertz CT molecular complexity index is 1200. The highest BCUT2D eigenvalue weighted by molar-refractivity contribution is 6.05. The van der Waals surface area contributed by atoms with Crippen LogP contribution in [-0.2, 0) is 16.1 Å². The van der Waals surface area contributed by atoms with Crippen molar-refractivity contribution in [1.29, 1.82) is 0 Å². The summed E-state index contributed by atoms with van der Waals surface area (Å²) >= 11 is 0. The number of nitrogens with one attached hydrogen (secondary N) is 1. The van der Waals surface area contributed by atoms with Gasteiger partial charge < -0.3 is 14.8 Å². The summed E-state index contributed by atoms with van der Waals surface area (Å²) in [6.07, 6.45) is 1.63. The lowest BCUT2D eigenvalue weighted by molar-refractivity contribution is -0.127. The molecule has 0 saturated carbocycles. The minimum absolute atomic E-state index is 0.216. The van der Waals surface area contributed by atoms with Crippen LogP contribution in [0.25, 0.3) is 0 Å². The van der Waals surface area contributed by atoms with Crippen molar-refractivity contribution in [3.8, 4) is 11.5 Å². The minimum Gasteiger partial charge on any atom is -0.485 e. The summed E-state index contributed by atoms with van der Waals surface area (Å²) in [7, 11) is 0. The second kappa shape index (κ2) is 10.1. The number of ketones is 1. The number of ether oxygens (including phenoxy) is 2. The van der Waals surface area contributed by atoms with Crippen LogP contribution < -0.4 is 19.7 Å². The summed E-state index contributed by atoms with van der Waals surface area (Å²) in [6.45, 7) is 1.33. The summed E-state index contributed by atoms with van der Waals surface area (Å²) < 4.78 is 24.0. The Labute approximate surface area is 195 Å². The molecule has 34 heavy (non-hydrogen) atoms. The Hall–Kier alpha value is -4.27. The van der Waals surface area contributed by atoms with Gasteiger partial charge in [-0.05, 0) is 61.5 Å². The van der Waals surface area contributed by atoms with E-state index in [1.165, 1.54) is 35.2 Å². The number of rotatable bonds is 8. The van der Waals surface area contributed by atoms with Crippen LogP contribution in [0.4, 0.5) is 10.1 Å². The van der Waals surface area contributed by atoms with E-state index in [9.17, 15) is 18.8 Å². The van der Waals surface area contributed by atoms with Gasteiger partial charge in [-0.1, -0.05) is 6.07 Å². The van der Waals surface area contributed by atoms with Gasteiger partial charge in [0, 0.05) is 11.8 Å². The van der Waals surface area contributed by atoms with Crippen molar-refractivity contribution in [2.24, 2.45) is 0 Å². The quantitative estimate of drug-likeness (QED) is 0.516. The number of aromatic nitrogens is 1. The maximum Gasteiger partial charge on any atom is 0.265 e. The highest BCUT2D eigenvalue weighted by Crippen LogP contribution is 2.34. The maximum absolute atomic E-state index is 13.0. The molecule has 4 rings (SSSR count). The average Bonchev–Trinajstić information content (AvgIpc) is 2.86. The van der Waals surface area contributed by atoms with Crippen LogP contribution in [0.2, 0.25) is 0 Å². The minimum atomic E-state index is -0.848. The molecule has 0 bridgehead atoms. The first-order valence-electron chi connectivity index (χ1n) is 10.6. The number of Topliss-reactive ketones (excluding diaryl/α,β-unsaturated/α-hetero) is 1. The fourth-order valence-electron chi connectivity index (χ4n) is 3.48. The lowest BCUT2D eigenvalue weighted by Crippen LogP contribution is -2.51. The molecule has 2 aromatic carbocycles. The lowest BCUT2D eigenvalue weighted by atomic mass is 10.1. The lowest BCUT2D eigenvalue weighted by Gasteiger charge is -2.33. The SMILES string of the molecule is C[C@@H](C(=O)NCc1ccccn1)N1C(=O)COc2ccc(C(=O)COc3ccc(F)cc3)cc21. The molecule has 1 N–H and O–H groups in total. The number of hydrogen-bond donors (Lipinski definition) is 1. The Morgan fingerprint density at radius 3 is 2.71 bits per heavy atom. The molecule has 8 nitrogen and oxygen atoms in total. The number of pyridine rings is 1. The van der Waals surface area contributed by atoms with Gasteiger partial charge >= 0.3 is 0 Å². The van der Waals surface area contributed by atoms with Gasteiger partial charge in [0.25, 0.3) is 5.91 Å². The van der Waals surface area contributed by atoms with Crippen LogP contribution in [0.5, 0.6) is 11.5 Å². The van der Waals surface area contributed by atoms with Crippen LogP contribution in [0, 0.1) is 5.82 Å². The molecule has 3 aromatic rings. The molecule has 0 fully saturated rings. The molecule has 2 amide bonds. The van der Waals surface area contributed by atoms with E-state index in [1.807, 2.05) is 6.07 Å². The smallest absolute Gasteiger partial charge is 0.265 e. The predicted octanol–water partition coefficient (Wildman–Crippen LogP) is 2.91. The highest BCUT2D eigenvalue weighted by atomic mass is 19.1. The number of halogens is 1. The van der Waals surface area contributed by atoms with Crippen LogP contribution in [0.1, 0.15) is 23.0 Å². The molecule has 0 aliphatic carbocycles. The van der Waals surface area contributed by atoms with Crippen molar-refractivity contribution >= 4 is 23.3 Å². The zero-order chi connectivity index (χ0) is 24.1. The fraction of sp³-hybridized carbons (Fsp3) is 0.200. The van der Waals surface area contributed by atoms with Crippen molar-refractivity contribution in [3.63, 3.8) is 0 Å². The molecular formula is C25H22FN3O5. The van der Waals surface area contributed by atoms with Crippen LogP contribution in [-0.4, -0.2) is 41.8 Å². The van der Waals surface area contributed by atoms with Gasteiger partial charge in [-0.15, -0.1) is 0 Å². The highest BCUT2D eigenvalue weighted by Gasteiger charge is 2.33. The van der Waals surface area contributed by atoms with Gasteiger partial charge in [-0.2, -0.15) is 0 Å². The molecule has 1 aliphatic rings. The molecule has 0 spiro atoms. The van der Waals surface area contributed by atoms with E-state index in [4.69, 9.17) is 9.47 Å². The largest absolute Gasteiger partial charge is 0.485 e. The molecule has 174 valence electrons. The number of nitrogens with zero attached hydrogens (tertiary/aromatic N) is 2. The van der Waals surface area contributed by atoms with E-state index in [1.54, 1.807) is 37.4 Å². The summed E-state index contributed by atoms with van der Waals surface area (Å²) in [5.74, 6) is -0.789. The van der Waals surface area contributed by atoms with Gasteiger partial charge in [-0.25, -0.2) is 4.39 Å². The summed E-state index contributed by atoms with van der Waals surface area (Å²) in [5.41, 5.74) is 1.29. The van der Waals surface area contributed by atoms with E-state index in [-0.39, 0.29) is 37.0 Å². The molecule has 1 atom stereocenters. The van der Waals surface area contributed by atoms with Crippen LogP contribution in [0.3, 0.4) is 0 Å². The molecular weight excluding hydrogens is 441 g/mol. The number of hydrogen-bond acceptors (Lipinski definition) is 6. The summed E-state index contributed by atoms with van der Waals surface area (Å²) in [5, 5.41) is 2.78. The molecule has 2 heterocycles. The average molecular weight is 463 g/mol. The monoisotopic (exact) mass is 463 g/mol. The van der Waals surface area contributed by atoms with E-state index in [0.717, 1.165) is 0 Å². The Morgan fingerprint density at radius 1 is 1.18 bits per heavy atom. The number of fused-ring (bicyclic) bond motifs is 1. The second-order valence-corrected chi connectivity index (χ2v) is 7.62. The van der Waals surface area contributed by atoms with Crippen LogP contribution >= 0.6 is 0 Å². The van der Waals surface area contributed by atoms with Gasteiger partial charge in [0.15, 0.2) is 19.0 Å².